The predicted octanol–water partition coefficient (Wildman–Crippen LogP) is 1.15. The number of aromatic carboxylic acids is 2. The number of halogens is 1. The van der Waals surface area contributed by atoms with Gasteiger partial charge in [-0.25, -0.2) is 14.0 Å². The van der Waals surface area contributed by atoms with Crippen molar-refractivity contribution in [3.8, 4) is 29.2 Å². The number of carbonyl (C=O) groups is 2. The minimum atomic E-state index is -1.71. The Labute approximate surface area is 139 Å². The van der Waals surface area contributed by atoms with Gasteiger partial charge in [0.15, 0.2) is 11.6 Å². The zero-order valence-electron chi connectivity index (χ0n) is 12.7. The third-order valence-corrected chi connectivity index (χ3v) is 3.36. The number of nitrogens with one attached hydrogen (secondary N) is 1. The molecule has 0 aliphatic carbocycles. The second-order valence-electron chi connectivity index (χ2n) is 4.79. The first-order chi connectivity index (χ1) is 11.7. The van der Waals surface area contributed by atoms with Gasteiger partial charge in [-0.05, 0) is 17.7 Å². The van der Waals surface area contributed by atoms with Crippen LogP contribution in [0.2, 0.25) is 0 Å². The van der Waals surface area contributed by atoms with Gasteiger partial charge in [-0.15, -0.1) is 6.42 Å². The second-order valence-corrected chi connectivity index (χ2v) is 4.79. The van der Waals surface area contributed by atoms with Crippen LogP contribution in [0.5, 0.6) is 5.75 Å². The summed E-state index contributed by atoms with van der Waals surface area (Å²) >= 11 is 0. The van der Waals surface area contributed by atoms with Gasteiger partial charge in [-0.2, -0.15) is 0 Å². The van der Waals surface area contributed by atoms with E-state index in [0.717, 1.165) is 12.1 Å². The number of hydrogen-bond acceptors (Lipinski definition) is 5. The van der Waals surface area contributed by atoms with Crippen LogP contribution in [0.1, 0.15) is 26.3 Å². The summed E-state index contributed by atoms with van der Waals surface area (Å²) < 4.78 is 19.0. The van der Waals surface area contributed by atoms with Crippen LogP contribution < -0.4 is 16.0 Å². The molecule has 2 aromatic rings. The Morgan fingerprint density at radius 2 is 1.88 bits per heavy atom. The third-order valence-electron chi connectivity index (χ3n) is 3.36. The highest BCUT2D eigenvalue weighted by atomic mass is 19.1. The van der Waals surface area contributed by atoms with Gasteiger partial charge in [0.05, 0.1) is 12.7 Å². The monoisotopic (exact) mass is 346 g/mol. The standard InChI is InChI=1S/C16H11FN2O6/c1-3-6-4-7(5-8(17)12(6)25-2)9-10(15(21)22)13(18)19-14(20)11(9)16(23)24/h1,4-5H,2H3,(H,21,22)(H,23,24)(H3,18,19,20). The van der Waals surface area contributed by atoms with Gasteiger partial charge in [-0.1, -0.05) is 5.92 Å². The Balaban J connectivity index is 3.04. The SMILES string of the molecule is C#Cc1cc(-c2c(C(=O)O)c(N)[nH]c(=O)c2C(=O)O)cc(F)c1OC. The first-order valence-corrected chi connectivity index (χ1v) is 6.59. The molecule has 25 heavy (non-hydrogen) atoms. The summed E-state index contributed by atoms with van der Waals surface area (Å²) in [5, 5.41) is 18.6. The number of terminal acetylenes is 1. The maximum atomic E-state index is 14.2. The lowest BCUT2D eigenvalue weighted by Gasteiger charge is -2.14. The smallest absolute Gasteiger partial charge is 0.342 e. The average molecular weight is 346 g/mol. The van der Waals surface area contributed by atoms with Crippen molar-refractivity contribution in [2.45, 2.75) is 0 Å². The van der Waals surface area contributed by atoms with Gasteiger partial charge < -0.3 is 25.7 Å². The molecule has 0 fully saturated rings. The highest BCUT2D eigenvalue weighted by molar-refractivity contribution is 6.07. The lowest BCUT2D eigenvalue weighted by Crippen LogP contribution is -2.24. The number of aromatic amines is 1. The number of rotatable bonds is 4. The van der Waals surface area contributed by atoms with E-state index in [0.29, 0.717) is 0 Å². The molecule has 8 nitrogen and oxygen atoms in total. The average Bonchev–Trinajstić information content (AvgIpc) is 2.52. The van der Waals surface area contributed by atoms with Crippen LogP contribution in [0.3, 0.4) is 0 Å². The zero-order chi connectivity index (χ0) is 18.9. The number of benzene rings is 1. The lowest BCUT2D eigenvalue weighted by molar-refractivity contribution is 0.0695. The number of H-pyrrole nitrogens is 1. The maximum absolute atomic E-state index is 14.2. The summed E-state index contributed by atoms with van der Waals surface area (Å²) in [5.41, 5.74) is 1.89. The Kier molecular flexibility index (Phi) is 4.47. The molecule has 2 rings (SSSR count). The number of pyridine rings is 1. The van der Waals surface area contributed by atoms with Crippen molar-refractivity contribution in [3.63, 3.8) is 0 Å². The van der Waals surface area contributed by atoms with Gasteiger partial charge >= 0.3 is 11.9 Å². The molecule has 0 aliphatic rings. The fourth-order valence-electron chi connectivity index (χ4n) is 2.39. The molecule has 0 saturated carbocycles. The largest absolute Gasteiger partial charge is 0.492 e. The fraction of sp³-hybridized carbons (Fsp3) is 0.0625. The molecule has 1 aromatic carbocycles. The van der Waals surface area contributed by atoms with Crippen molar-refractivity contribution >= 4 is 17.8 Å². The van der Waals surface area contributed by atoms with E-state index in [1.807, 2.05) is 4.98 Å². The van der Waals surface area contributed by atoms with E-state index in [9.17, 15) is 29.0 Å². The quantitative estimate of drug-likeness (QED) is 0.608. The van der Waals surface area contributed by atoms with Crippen LogP contribution in [0, 0.1) is 18.2 Å². The van der Waals surface area contributed by atoms with Gasteiger partial charge in [0.25, 0.3) is 5.56 Å². The van der Waals surface area contributed by atoms with Crippen molar-refractivity contribution in [1.29, 1.82) is 0 Å². The molecule has 0 radical (unpaired) electrons. The molecule has 1 aromatic heterocycles. The molecule has 0 saturated heterocycles. The van der Waals surface area contributed by atoms with Crippen LogP contribution in [-0.2, 0) is 0 Å². The molecule has 0 spiro atoms. The highest BCUT2D eigenvalue weighted by Crippen LogP contribution is 2.34. The number of aromatic nitrogens is 1. The Bertz CT molecular complexity index is 1000. The minimum absolute atomic E-state index is 0.0935. The molecule has 0 atom stereocenters. The second kappa shape index (κ2) is 6.37. The number of nitrogens with two attached hydrogens (primary N) is 1. The molecule has 9 heteroatoms. The van der Waals surface area contributed by atoms with Gasteiger partial charge in [0.1, 0.15) is 16.9 Å². The summed E-state index contributed by atoms with van der Waals surface area (Å²) in [4.78, 5) is 36.9. The van der Waals surface area contributed by atoms with Crippen LogP contribution in [0.4, 0.5) is 10.2 Å². The first-order valence-electron chi connectivity index (χ1n) is 6.59. The summed E-state index contributed by atoms with van der Waals surface area (Å²) in [7, 11) is 1.18. The van der Waals surface area contributed by atoms with Gasteiger partial charge in [0.2, 0.25) is 0 Å². The van der Waals surface area contributed by atoms with Crippen molar-refractivity contribution in [3.05, 3.63) is 45.0 Å². The number of anilines is 1. The molecule has 0 amide bonds. The number of ether oxygens (including phenoxy) is 1. The van der Waals surface area contributed by atoms with Crippen molar-refractivity contribution in [2.75, 3.05) is 12.8 Å². The normalized spacial score (nSPS) is 10.1. The van der Waals surface area contributed by atoms with Crippen molar-refractivity contribution in [1.82, 2.24) is 4.98 Å². The van der Waals surface area contributed by atoms with Crippen LogP contribution in [-0.4, -0.2) is 34.2 Å². The highest BCUT2D eigenvalue weighted by Gasteiger charge is 2.27. The Hall–Kier alpha value is -3.80. The third kappa shape index (κ3) is 2.88. The first kappa shape index (κ1) is 17.6. The van der Waals surface area contributed by atoms with E-state index in [1.165, 1.54) is 7.11 Å². The topological polar surface area (TPSA) is 143 Å². The summed E-state index contributed by atoms with van der Waals surface area (Å²) in [5.74, 6) is -2.98. The van der Waals surface area contributed by atoms with E-state index >= 15 is 0 Å². The number of methoxy groups -OCH3 is 1. The molecule has 128 valence electrons. The van der Waals surface area contributed by atoms with E-state index < -0.39 is 45.8 Å². The van der Waals surface area contributed by atoms with Crippen LogP contribution in [0.25, 0.3) is 11.1 Å². The van der Waals surface area contributed by atoms with Crippen molar-refractivity contribution in [2.24, 2.45) is 0 Å². The van der Waals surface area contributed by atoms with E-state index in [1.54, 1.807) is 0 Å². The fourth-order valence-corrected chi connectivity index (χ4v) is 2.39. The maximum Gasteiger partial charge on any atom is 0.342 e. The minimum Gasteiger partial charge on any atom is -0.492 e. The van der Waals surface area contributed by atoms with Gasteiger partial charge in [0, 0.05) is 5.56 Å². The molecule has 0 bridgehead atoms. The summed E-state index contributed by atoms with van der Waals surface area (Å²) in [6.45, 7) is 0. The molecule has 0 unspecified atom stereocenters. The number of carboxylic acids is 2. The summed E-state index contributed by atoms with van der Waals surface area (Å²) in [6.07, 6.45) is 5.28. The molecule has 0 aliphatic heterocycles. The summed E-state index contributed by atoms with van der Waals surface area (Å²) in [6, 6.07) is 1.95. The molecular formula is C16H11FN2O6. The van der Waals surface area contributed by atoms with Crippen molar-refractivity contribution < 1.29 is 28.9 Å². The lowest BCUT2D eigenvalue weighted by atomic mass is 9.94. The Morgan fingerprint density at radius 1 is 1.28 bits per heavy atom. The number of carboxylic acid groups (broad SMARTS) is 2. The molecule has 5 N–H and O–H groups in total. The molecule has 1 heterocycles. The zero-order valence-corrected chi connectivity index (χ0v) is 12.7. The number of nitrogen functional groups attached to an aromatic ring is 1. The Morgan fingerprint density at radius 3 is 2.36 bits per heavy atom. The van der Waals surface area contributed by atoms with Crippen LogP contribution in [0.15, 0.2) is 16.9 Å². The van der Waals surface area contributed by atoms with E-state index in [2.05, 4.69) is 5.92 Å². The predicted molar refractivity (Wildman–Crippen MR) is 85.3 cm³/mol. The number of hydrogen-bond donors (Lipinski definition) is 4. The molecular weight excluding hydrogens is 335 g/mol. The van der Waals surface area contributed by atoms with Crippen LogP contribution >= 0.6 is 0 Å². The van der Waals surface area contributed by atoms with E-state index in [-0.39, 0.29) is 16.9 Å². The van der Waals surface area contributed by atoms with E-state index in [4.69, 9.17) is 16.9 Å². The van der Waals surface area contributed by atoms with Gasteiger partial charge in [-0.3, -0.25) is 4.79 Å².